The summed E-state index contributed by atoms with van der Waals surface area (Å²) in [7, 11) is -3.92. The minimum Gasteiger partial charge on any atom is -0.371 e. The lowest BCUT2D eigenvalue weighted by atomic mass is 9.99. The van der Waals surface area contributed by atoms with Gasteiger partial charge in [0.1, 0.15) is 6.54 Å². The zero-order valence-electron chi connectivity index (χ0n) is 21.2. The molecular weight excluding hydrogens is 470 g/mol. The van der Waals surface area contributed by atoms with Crippen molar-refractivity contribution >= 4 is 27.3 Å². The normalized spacial score (nSPS) is 16.9. The molecule has 1 fully saturated rings. The van der Waals surface area contributed by atoms with Gasteiger partial charge in [0.25, 0.3) is 10.0 Å². The minimum absolute atomic E-state index is 0.148. The number of anilines is 2. The molecule has 1 amide bonds. The highest BCUT2D eigenvalue weighted by Crippen LogP contribution is 2.26. The lowest BCUT2D eigenvalue weighted by Crippen LogP contribution is -2.41. The number of piperidine rings is 1. The van der Waals surface area contributed by atoms with Crippen LogP contribution in [0.1, 0.15) is 43.9 Å². The van der Waals surface area contributed by atoms with E-state index in [0.717, 1.165) is 24.2 Å². The summed E-state index contributed by atoms with van der Waals surface area (Å²) in [5, 5.41) is 2.98. The molecule has 7 heteroatoms. The predicted octanol–water partition coefficient (Wildman–Crippen LogP) is 5.30. The number of carbonyl (C=O) groups is 1. The SMILES string of the molecule is Cc1cccc(N(CC(=O)NC(C)c2ccc(N3CCCC(C)C3)cc2)S(=O)(=O)c2ccccc2)c1. The number of sulfonamides is 1. The highest BCUT2D eigenvalue weighted by atomic mass is 32.2. The van der Waals surface area contributed by atoms with Crippen LogP contribution in [0.3, 0.4) is 0 Å². The molecule has 1 heterocycles. The molecule has 6 nitrogen and oxygen atoms in total. The Balaban J connectivity index is 1.49. The van der Waals surface area contributed by atoms with Gasteiger partial charge in [-0.15, -0.1) is 0 Å². The molecule has 0 saturated carbocycles. The first-order valence-corrected chi connectivity index (χ1v) is 14.0. The van der Waals surface area contributed by atoms with Gasteiger partial charge in [0.05, 0.1) is 16.6 Å². The van der Waals surface area contributed by atoms with Crippen molar-refractivity contribution in [2.24, 2.45) is 5.92 Å². The van der Waals surface area contributed by atoms with E-state index in [1.807, 2.05) is 32.0 Å². The average molecular weight is 506 g/mol. The Hall–Kier alpha value is -3.32. The number of aryl methyl sites for hydroxylation is 1. The Labute approximate surface area is 215 Å². The van der Waals surface area contributed by atoms with Crippen LogP contribution in [0.2, 0.25) is 0 Å². The van der Waals surface area contributed by atoms with Gasteiger partial charge in [0, 0.05) is 18.8 Å². The van der Waals surface area contributed by atoms with Crippen LogP contribution in [-0.4, -0.2) is 34.0 Å². The maximum Gasteiger partial charge on any atom is 0.264 e. The molecule has 2 unspecified atom stereocenters. The van der Waals surface area contributed by atoms with Crippen LogP contribution < -0.4 is 14.5 Å². The quantitative estimate of drug-likeness (QED) is 0.451. The van der Waals surface area contributed by atoms with Crippen molar-refractivity contribution in [1.29, 1.82) is 0 Å². The molecule has 4 rings (SSSR count). The summed E-state index contributed by atoms with van der Waals surface area (Å²) in [6.45, 7) is 7.92. The van der Waals surface area contributed by atoms with Crippen LogP contribution in [0.15, 0.2) is 83.8 Å². The van der Waals surface area contributed by atoms with E-state index in [2.05, 4.69) is 29.3 Å². The average Bonchev–Trinajstić information content (AvgIpc) is 2.88. The van der Waals surface area contributed by atoms with E-state index >= 15 is 0 Å². The van der Waals surface area contributed by atoms with Gasteiger partial charge < -0.3 is 10.2 Å². The summed E-state index contributed by atoms with van der Waals surface area (Å²) in [5.41, 5.74) is 3.55. The number of carbonyl (C=O) groups excluding carboxylic acids is 1. The predicted molar refractivity (Wildman–Crippen MR) is 146 cm³/mol. The number of nitrogens with one attached hydrogen (secondary N) is 1. The van der Waals surface area contributed by atoms with E-state index in [-0.39, 0.29) is 23.4 Å². The molecule has 1 N–H and O–H groups in total. The Morgan fingerprint density at radius 3 is 2.44 bits per heavy atom. The number of hydrogen-bond donors (Lipinski definition) is 1. The summed E-state index contributed by atoms with van der Waals surface area (Å²) < 4.78 is 28.2. The lowest BCUT2D eigenvalue weighted by Gasteiger charge is -2.33. The second-order valence-electron chi connectivity index (χ2n) is 9.74. The molecule has 0 radical (unpaired) electrons. The highest BCUT2D eigenvalue weighted by Gasteiger charge is 2.27. The van der Waals surface area contributed by atoms with E-state index in [1.54, 1.807) is 48.5 Å². The van der Waals surface area contributed by atoms with Crippen molar-refractivity contribution in [2.75, 3.05) is 28.8 Å². The first-order valence-electron chi connectivity index (χ1n) is 12.5. The Kier molecular flexibility index (Phi) is 7.99. The molecule has 0 aromatic heterocycles. The molecule has 190 valence electrons. The molecule has 3 aromatic carbocycles. The van der Waals surface area contributed by atoms with Gasteiger partial charge in [-0.2, -0.15) is 0 Å². The zero-order chi connectivity index (χ0) is 25.7. The molecule has 0 bridgehead atoms. The summed E-state index contributed by atoms with van der Waals surface area (Å²) in [6, 6.07) is 23.4. The second kappa shape index (κ2) is 11.2. The van der Waals surface area contributed by atoms with Crippen molar-refractivity contribution in [2.45, 2.75) is 44.6 Å². The summed E-state index contributed by atoms with van der Waals surface area (Å²) >= 11 is 0. The van der Waals surface area contributed by atoms with E-state index in [4.69, 9.17) is 0 Å². The molecule has 0 aliphatic carbocycles. The van der Waals surface area contributed by atoms with Gasteiger partial charge in [-0.25, -0.2) is 8.42 Å². The maximum absolute atomic E-state index is 13.5. The lowest BCUT2D eigenvalue weighted by molar-refractivity contribution is -0.120. The fraction of sp³-hybridized carbons (Fsp3) is 0.345. The monoisotopic (exact) mass is 505 g/mol. The number of benzene rings is 3. The molecule has 2 atom stereocenters. The zero-order valence-corrected chi connectivity index (χ0v) is 22.0. The topological polar surface area (TPSA) is 69.7 Å². The van der Waals surface area contributed by atoms with E-state index in [1.165, 1.54) is 22.8 Å². The fourth-order valence-electron chi connectivity index (χ4n) is 4.72. The van der Waals surface area contributed by atoms with Gasteiger partial charge in [0.15, 0.2) is 0 Å². The third-order valence-electron chi connectivity index (χ3n) is 6.70. The fourth-order valence-corrected chi connectivity index (χ4v) is 6.15. The Bertz CT molecular complexity index is 1280. The largest absolute Gasteiger partial charge is 0.371 e. The van der Waals surface area contributed by atoms with Crippen LogP contribution in [0, 0.1) is 12.8 Å². The van der Waals surface area contributed by atoms with Crippen molar-refractivity contribution in [1.82, 2.24) is 5.32 Å². The third-order valence-corrected chi connectivity index (χ3v) is 8.49. The van der Waals surface area contributed by atoms with Crippen molar-refractivity contribution < 1.29 is 13.2 Å². The van der Waals surface area contributed by atoms with Crippen LogP contribution in [0.4, 0.5) is 11.4 Å². The van der Waals surface area contributed by atoms with Gasteiger partial charge >= 0.3 is 0 Å². The molecule has 1 aliphatic rings. The van der Waals surface area contributed by atoms with Crippen molar-refractivity contribution in [3.05, 3.63) is 90.0 Å². The van der Waals surface area contributed by atoms with Gasteiger partial charge in [-0.05, 0) is 80.1 Å². The molecule has 1 aliphatic heterocycles. The molecule has 0 spiro atoms. The number of nitrogens with zero attached hydrogens (tertiary/aromatic N) is 2. The number of amides is 1. The second-order valence-corrected chi connectivity index (χ2v) is 11.6. The third kappa shape index (κ3) is 6.08. The molecule has 36 heavy (non-hydrogen) atoms. The number of hydrogen-bond acceptors (Lipinski definition) is 4. The van der Waals surface area contributed by atoms with Gasteiger partial charge in [-0.3, -0.25) is 9.10 Å². The van der Waals surface area contributed by atoms with Crippen molar-refractivity contribution in [3.8, 4) is 0 Å². The van der Waals surface area contributed by atoms with Crippen LogP contribution in [0.5, 0.6) is 0 Å². The first kappa shape index (κ1) is 25.8. The van der Waals surface area contributed by atoms with E-state index in [0.29, 0.717) is 11.6 Å². The Morgan fingerprint density at radius 1 is 1.06 bits per heavy atom. The van der Waals surface area contributed by atoms with Crippen LogP contribution in [-0.2, 0) is 14.8 Å². The van der Waals surface area contributed by atoms with E-state index < -0.39 is 10.0 Å². The Morgan fingerprint density at radius 2 is 1.78 bits per heavy atom. The smallest absolute Gasteiger partial charge is 0.264 e. The highest BCUT2D eigenvalue weighted by molar-refractivity contribution is 7.92. The van der Waals surface area contributed by atoms with Crippen LogP contribution >= 0.6 is 0 Å². The summed E-state index contributed by atoms with van der Waals surface area (Å²) in [6.07, 6.45) is 2.48. The summed E-state index contributed by atoms with van der Waals surface area (Å²) in [4.78, 5) is 15.7. The molecular formula is C29H35N3O3S. The minimum atomic E-state index is -3.92. The summed E-state index contributed by atoms with van der Waals surface area (Å²) in [5.74, 6) is 0.331. The van der Waals surface area contributed by atoms with Gasteiger partial charge in [-0.1, -0.05) is 49.4 Å². The van der Waals surface area contributed by atoms with Crippen molar-refractivity contribution in [3.63, 3.8) is 0 Å². The molecule has 1 saturated heterocycles. The first-order chi connectivity index (χ1) is 17.2. The van der Waals surface area contributed by atoms with E-state index in [9.17, 15) is 13.2 Å². The van der Waals surface area contributed by atoms with Crippen LogP contribution in [0.25, 0.3) is 0 Å². The van der Waals surface area contributed by atoms with Gasteiger partial charge in [0.2, 0.25) is 5.91 Å². The number of rotatable bonds is 8. The standard InChI is InChI=1S/C29H35N3O3S/c1-22-9-7-11-27(19-22)32(36(34,35)28-12-5-4-6-13-28)21-29(33)30-24(3)25-14-16-26(17-15-25)31-18-8-10-23(2)20-31/h4-7,9,11-17,19,23-24H,8,10,18,20-21H2,1-3H3,(H,30,33). The maximum atomic E-state index is 13.5. The molecule has 3 aromatic rings.